The van der Waals surface area contributed by atoms with Gasteiger partial charge in [-0.1, -0.05) is 25.7 Å². The summed E-state index contributed by atoms with van der Waals surface area (Å²) in [6.07, 6.45) is 15.2. The normalized spacial score (nSPS) is 27.3. The molecule has 0 aromatic heterocycles. The summed E-state index contributed by atoms with van der Waals surface area (Å²) < 4.78 is 10.2. The lowest BCUT2D eigenvalue weighted by atomic mass is 10.2. The smallest absolute Gasteiger partial charge is 0.132 e. The number of carbonyl (C=O) groups excluding carboxylic acids is 1. The summed E-state index contributed by atoms with van der Waals surface area (Å²) in [6, 6.07) is 2.99. The van der Waals surface area contributed by atoms with Gasteiger partial charge < -0.3 is 20.1 Å². The maximum atomic E-state index is 10.2. The van der Waals surface area contributed by atoms with E-state index in [9.17, 15) is 4.79 Å². The van der Waals surface area contributed by atoms with Gasteiger partial charge in [0.25, 0.3) is 0 Å². The first-order valence-electron chi connectivity index (χ1n) is 11.0. The Labute approximate surface area is 159 Å². The first-order chi connectivity index (χ1) is 12.8. The van der Waals surface area contributed by atoms with Crippen LogP contribution in [0.1, 0.15) is 77.0 Å². The zero-order valence-electron chi connectivity index (χ0n) is 16.3. The van der Waals surface area contributed by atoms with E-state index in [0.29, 0.717) is 17.9 Å². The standard InChI is InChI=1S/2C8H15NO.C5H8O/c2*1-2-4-7(3-1)9-8-5-10-6-8;6-5-3-1-2-4-5/h2*7-9H,1-6H2;1-4H2. The van der Waals surface area contributed by atoms with Crippen LogP contribution >= 0.6 is 0 Å². The van der Waals surface area contributed by atoms with Crippen molar-refractivity contribution < 1.29 is 14.3 Å². The summed E-state index contributed by atoms with van der Waals surface area (Å²) in [6.45, 7) is 3.76. The van der Waals surface area contributed by atoms with Crippen LogP contribution in [0.5, 0.6) is 0 Å². The first-order valence-corrected chi connectivity index (χ1v) is 11.0. The van der Waals surface area contributed by atoms with Gasteiger partial charge in [-0.2, -0.15) is 0 Å². The molecule has 3 saturated carbocycles. The van der Waals surface area contributed by atoms with Crippen molar-refractivity contribution in [1.29, 1.82) is 0 Å². The molecule has 0 spiro atoms. The highest BCUT2D eigenvalue weighted by Gasteiger charge is 2.24. The molecule has 5 fully saturated rings. The van der Waals surface area contributed by atoms with Gasteiger partial charge in [-0.05, 0) is 38.5 Å². The number of hydrogen-bond acceptors (Lipinski definition) is 5. The van der Waals surface area contributed by atoms with Crippen LogP contribution in [0.2, 0.25) is 0 Å². The fourth-order valence-corrected chi connectivity index (χ4v) is 4.28. The number of ketones is 1. The largest absolute Gasteiger partial charge is 0.378 e. The number of nitrogens with one attached hydrogen (secondary N) is 2. The minimum Gasteiger partial charge on any atom is -0.378 e. The molecule has 2 heterocycles. The highest BCUT2D eigenvalue weighted by Crippen LogP contribution is 2.20. The summed E-state index contributed by atoms with van der Waals surface area (Å²) in [7, 11) is 0. The minimum atomic E-state index is 0.454. The Morgan fingerprint density at radius 2 is 0.962 bits per heavy atom. The zero-order valence-corrected chi connectivity index (χ0v) is 16.3. The number of Topliss-reactive ketones (excluding diaryl/α,β-unsaturated/α-hetero) is 1. The fraction of sp³-hybridized carbons (Fsp3) is 0.952. The van der Waals surface area contributed by atoms with Gasteiger partial charge in [0.1, 0.15) is 5.78 Å². The lowest BCUT2D eigenvalue weighted by Gasteiger charge is -2.29. The molecular formula is C21H38N2O3. The molecule has 5 aliphatic rings. The highest BCUT2D eigenvalue weighted by molar-refractivity contribution is 5.80. The van der Waals surface area contributed by atoms with Crippen LogP contribution in [0.4, 0.5) is 0 Å². The van der Waals surface area contributed by atoms with E-state index < -0.39 is 0 Å². The van der Waals surface area contributed by atoms with E-state index in [1.165, 1.54) is 51.4 Å². The average molecular weight is 367 g/mol. The molecule has 150 valence electrons. The number of rotatable bonds is 4. The third-order valence-corrected chi connectivity index (χ3v) is 6.09. The third-order valence-electron chi connectivity index (χ3n) is 6.09. The third kappa shape index (κ3) is 7.26. The predicted molar refractivity (Wildman–Crippen MR) is 103 cm³/mol. The molecule has 0 aromatic carbocycles. The zero-order chi connectivity index (χ0) is 18.0. The second-order valence-corrected chi connectivity index (χ2v) is 8.51. The van der Waals surface area contributed by atoms with E-state index >= 15 is 0 Å². The van der Waals surface area contributed by atoms with E-state index in [1.807, 2.05) is 0 Å². The molecule has 5 rings (SSSR count). The van der Waals surface area contributed by atoms with E-state index in [2.05, 4.69) is 10.6 Å². The minimum absolute atomic E-state index is 0.454. The van der Waals surface area contributed by atoms with Crippen molar-refractivity contribution in [3.63, 3.8) is 0 Å². The second kappa shape index (κ2) is 11.4. The summed E-state index contributed by atoms with van der Waals surface area (Å²) in [5.41, 5.74) is 0. The lowest BCUT2D eigenvalue weighted by molar-refractivity contribution is -0.117. The Balaban J connectivity index is 0.000000117. The monoisotopic (exact) mass is 366 g/mol. The van der Waals surface area contributed by atoms with Crippen molar-refractivity contribution in [2.45, 2.75) is 101 Å². The topological polar surface area (TPSA) is 59.6 Å². The average Bonchev–Trinajstić information content (AvgIpc) is 3.32. The molecule has 0 amide bonds. The van der Waals surface area contributed by atoms with Gasteiger partial charge in [0.05, 0.1) is 38.5 Å². The Hall–Kier alpha value is -0.490. The second-order valence-electron chi connectivity index (χ2n) is 8.51. The molecular weight excluding hydrogens is 328 g/mol. The summed E-state index contributed by atoms with van der Waals surface area (Å²) >= 11 is 0. The van der Waals surface area contributed by atoms with Crippen LogP contribution < -0.4 is 10.6 Å². The number of hydrogen-bond donors (Lipinski definition) is 2. The van der Waals surface area contributed by atoms with Gasteiger partial charge in [0, 0.05) is 24.9 Å². The molecule has 0 unspecified atom stereocenters. The van der Waals surface area contributed by atoms with Crippen LogP contribution in [-0.4, -0.2) is 56.4 Å². The van der Waals surface area contributed by atoms with Crippen molar-refractivity contribution in [2.75, 3.05) is 26.4 Å². The van der Waals surface area contributed by atoms with Crippen molar-refractivity contribution in [3.05, 3.63) is 0 Å². The predicted octanol–water partition coefficient (Wildman–Crippen LogP) is 2.96. The van der Waals surface area contributed by atoms with E-state index in [-0.39, 0.29) is 0 Å². The van der Waals surface area contributed by atoms with Crippen LogP contribution in [-0.2, 0) is 14.3 Å². The highest BCUT2D eigenvalue weighted by atomic mass is 16.5. The Morgan fingerprint density at radius 3 is 1.19 bits per heavy atom. The van der Waals surface area contributed by atoms with E-state index in [0.717, 1.165) is 64.2 Å². The van der Waals surface area contributed by atoms with Crippen LogP contribution in [0.3, 0.4) is 0 Å². The van der Waals surface area contributed by atoms with Gasteiger partial charge in [-0.15, -0.1) is 0 Å². The van der Waals surface area contributed by atoms with Gasteiger partial charge >= 0.3 is 0 Å². The number of ether oxygens (including phenoxy) is 2. The molecule has 0 atom stereocenters. The summed E-state index contributed by atoms with van der Waals surface area (Å²) in [4.78, 5) is 10.2. The maximum absolute atomic E-state index is 10.2. The van der Waals surface area contributed by atoms with Crippen molar-refractivity contribution >= 4 is 5.78 Å². The fourth-order valence-electron chi connectivity index (χ4n) is 4.28. The van der Waals surface area contributed by atoms with Crippen LogP contribution in [0.25, 0.3) is 0 Å². The molecule has 2 aliphatic heterocycles. The lowest BCUT2D eigenvalue weighted by Crippen LogP contribution is -2.49. The molecule has 2 saturated heterocycles. The molecule has 0 aromatic rings. The number of carbonyl (C=O) groups is 1. The SMILES string of the molecule is C1CCC(NC2COC2)C1.C1CCC(NC2COC2)C1.O=C1CCCC1. The van der Waals surface area contributed by atoms with Crippen molar-refractivity contribution in [1.82, 2.24) is 10.6 Å². The van der Waals surface area contributed by atoms with Gasteiger partial charge in [0.2, 0.25) is 0 Å². The van der Waals surface area contributed by atoms with Gasteiger partial charge in [-0.3, -0.25) is 4.79 Å². The molecule has 3 aliphatic carbocycles. The maximum Gasteiger partial charge on any atom is 0.132 e. The van der Waals surface area contributed by atoms with Crippen molar-refractivity contribution in [3.8, 4) is 0 Å². The van der Waals surface area contributed by atoms with Crippen LogP contribution in [0.15, 0.2) is 0 Å². The summed E-state index contributed by atoms with van der Waals surface area (Å²) in [5, 5.41) is 7.18. The molecule has 2 N–H and O–H groups in total. The van der Waals surface area contributed by atoms with Crippen LogP contribution in [0, 0.1) is 0 Å². The van der Waals surface area contributed by atoms with E-state index in [1.54, 1.807) is 0 Å². The Bertz CT molecular complexity index is 362. The van der Waals surface area contributed by atoms with Gasteiger partial charge in [0.15, 0.2) is 0 Å². The quantitative estimate of drug-likeness (QED) is 0.801. The first kappa shape index (κ1) is 20.2. The molecule has 5 nitrogen and oxygen atoms in total. The molecule has 0 bridgehead atoms. The van der Waals surface area contributed by atoms with Gasteiger partial charge in [-0.25, -0.2) is 0 Å². The van der Waals surface area contributed by atoms with Crippen molar-refractivity contribution in [2.24, 2.45) is 0 Å². The van der Waals surface area contributed by atoms with E-state index in [4.69, 9.17) is 9.47 Å². The summed E-state index contributed by atoms with van der Waals surface area (Å²) in [5.74, 6) is 0.454. The Kier molecular flexibility index (Phi) is 8.86. The molecule has 0 radical (unpaired) electrons. The molecule has 26 heavy (non-hydrogen) atoms. The molecule has 5 heteroatoms. The Morgan fingerprint density at radius 1 is 0.577 bits per heavy atom.